The Morgan fingerprint density at radius 1 is 0.853 bits per heavy atom. The summed E-state index contributed by atoms with van der Waals surface area (Å²) in [5, 5.41) is 2.59. The zero-order valence-corrected chi connectivity index (χ0v) is 23.7. The van der Waals surface area contributed by atoms with E-state index in [0.29, 0.717) is 19.8 Å². The summed E-state index contributed by atoms with van der Waals surface area (Å²) in [5.41, 5.74) is 1.15. The van der Waals surface area contributed by atoms with Crippen LogP contribution >= 0.6 is 22.6 Å². The zero-order chi connectivity index (χ0) is 24.4. The molecule has 0 bridgehead atoms. The van der Waals surface area contributed by atoms with Gasteiger partial charge < -0.3 is 13.9 Å². The summed E-state index contributed by atoms with van der Waals surface area (Å²) in [4.78, 5) is 0. The van der Waals surface area contributed by atoms with Crippen molar-refractivity contribution in [2.75, 3.05) is 20.3 Å². The highest BCUT2D eigenvalue weighted by Gasteiger charge is 2.49. The molecule has 0 aromatic heterocycles. The molecule has 3 nitrogen and oxygen atoms in total. The van der Waals surface area contributed by atoms with Crippen LogP contribution < -0.4 is 15.1 Å². The summed E-state index contributed by atoms with van der Waals surface area (Å²) in [6.45, 7) is 8.79. The molecular weight excluding hydrogens is 551 g/mol. The Bertz CT molecular complexity index is 989. The van der Waals surface area contributed by atoms with E-state index in [0.717, 1.165) is 17.7 Å². The molecule has 0 aliphatic carbocycles. The summed E-state index contributed by atoms with van der Waals surface area (Å²) in [6, 6.07) is 29.5. The largest absolute Gasteiger partial charge is 0.497 e. The molecule has 5 heteroatoms. The predicted octanol–water partition coefficient (Wildman–Crippen LogP) is 6.50. The van der Waals surface area contributed by atoms with E-state index >= 15 is 0 Å². The van der Waals surface area contributed by atoms with Crippen molar-refractivity contribution in [2.24, 2.45) is 0 Å². The minimum absolute atomic E-state index is 0.0174. The fraction of sp³-hybridized carbons (Fsp3) is 0.310. The first kappa shape index (κ1) is 26.7. The molecule has 0 radical (unpaired) electrons. The van der Waals surface area contributed by atoms with Gasteiger partial charge in [-0.2, -0.15) is 0 Å². The van der Waals surface area contributed by atoms with Gasteiger partial charge in [-0.25, -0.2) is 0 Å². The molecule has 0 aliphatic heterocycles. The van der Waals surface area contributed by atoms with Crippen molar-refractivity contribution < 1.29 is 13.9 Å². The fourth-order valence-electron chi connectivity index (χ4n) is 4.20. The van der Waals surface area contributed by atoms with E-state index in [9.17, 15) is 0 Å². The molecule has 0 heterocycles. The normalized spacial score (nSPS) is 12.6. The molecule has 0 fully saturated rings. The third-order valence-electron chi connectivity index (χ3n) is 5.93. The minimum Gasteiger partial charge on any atom is -0.497 e. The average Bonchev–Trinajstić information content (AvgIpc) is 2.85. The van der Waals surface area contributed by atoms with Crippen molar-refractivity contribution in [2.45, 2.75) is 38.8 Å². The van der Waals surface area contributed by atoms with Crippen LogP contribution in [0.25, 0.3) is 0 Å². The molecule has 0 unspecified atom stereocenters. The lowest BCUT2D eigenvalue weighted by molar-refractivity contribution is 0.125. The van der Waals surface area contributed by atoms with E-state index < -0.39 is 8.32 Å². The van der Waals surface area contributed by atoms with Gasteiger partial charge in [0.1, 0.15) is 5.75 Å². The van der Waals surface area contributed by atoms with Gasteiger partial charge in [0.05, 0.1) is 26.9 Å². The molecule has 0 N–H and O–H groups in total. The first-order valence-electron chi connectivity index (χ1n) is 11.7. The van der Waals surface area contributed by atoms with Gasteiger partial charge in [0.25, 0.3) is 8.32 Å². The predicted molar refractivity (Wildman–Crippen MR) is 153 cm³/mol. The van der Waals surface area contributed by atoms with E-state index in [-0.39, 0.29) is 5.04 Å². The Morgan fingerprint density at radius 2 is 1.41 bits per heavy atom. The quantitative estimate of drug-likeness (QED) is 0.146. The molecule has 3 aromatic carbocycles. The average molecular weight is 587 g/mol. The number of hydrogen-bond acceptors (Lipinski definition) is 3. The van der Waals surface area contributed by atoms with Crippen LogP contribution in [0.1, 0.15) is 32.8 Å². The van der Waals surface area contributed by atoms with Crippen molar-refractivity contribution in [3.05, 3.63) is 100 Å². The van der Waals surface area contributed by atoms with Crippen molar-refractivity contribution in [3.63, 3.8) is 0 Å². The number of halogens is 1. The third kappa shape index (κ3) is 6.81. The molecule has 0 spiro atoms. The zero-order valence-electron chi connectivity index (χ0n) is 20.6. The van der Waals surface area contributed by atoms with Gasteiger partial charge in [-0.05, 0) is 59.3 Å². The second-order valence-electron chi connectivity index (χ2n) is 9.28. The van der Waals surface area contributed by atoms with Gasteiger partial charge in [-0.3, -0.25) is 0 Å². The van der Waals surface area contributed by atoms with E-state index in [1.54, 1.807) is 7.11 Å². The molecule has 0 saturated heterocycles. The van der Waals surface area contributed by atoms with E-state index in [1.807, 2.05) is 24.3 Å². The molecule has 0 aliphatic rings. The lowest BCUT2D eigenvalue weighted by atomic mass is 10.2. The summed E-state index contributed by atoms with van der Waals surface area (Å²) < 4.78 is 19.3. The highest BCUT2D eigenvalue weighted by atomic mass is 127. The lowest BCUT2D eigenvalue weighted by Crippen LogP contribution is -2.66. The molecular formula is C29H35IO3Si. The maximum atomic E-state index is 6.94. The van der Waals surface area contributed by atoms with E-state index in [1.165, 1.54) is 14.0 Å². The van der Waals surface area contributed by atoms with Crippen molar-refractivity contribution in [1.82, 2.24) is 0 Å². The van der Waals surface area contributed by atoms with Crippen LogP contribution in [-0.2, 0) is 15.8 Å². The first-order chi connectivity index (χ1) is 16.4. The van der Waals surface area contributed by atoms with Gasteiger partial charge in [0.2, 0.25) is 0 Å². The summed E-state index contributed by atoms with van der Waals surface area (Å²) in [6.07, 6.45) is 3.08. The highest BCUT2D eigenvalue weighted by Crippen LogP contribution is 2.36. The smallest absolute Gasteiger partial charge is 0.261 e. The van der Waals surface area contributed by atoms with Gasteiger partial charge in [-0.1, -0.05) is 99.6 Å². The molecule has 0 atom stereocenters. The third-order valence-corrected chi connectivity index (χ3v) is 11.9. The van der Waals surface area contributed by atoms with Crippen LogP contribution in [0.5, 0.6) is 5.75 Å². The number of methoxy groups -OCH3 is 1. The lowest BCUT2D eigenvalue weighted by Gasteiger charge is -2.42. The molecule has 180 valence electrons. The second-order valence-corrected chi connectivity index (χ2v) is 15.0. The van der Waals surface area contributed by atoms with Crippen LogP contribution in [-0.4, -0.2) is 28.6 Å². The molecule has 0 saturated carbocycles. The molecule has 34 heavy (non-hydrogen) atoms. The first-order valence-corrected chi connectivity index (χ1v) is 14.7. The van der Waals surface area contributed by atoms with Crippen molar-refractivity contribution in [3.8, 4) is 5.75 Å². The van der Waals surface area contributed by atoms with Gasteiger partial charge in [0, 0.05) is 6.42 Å². The number of rotatable bonds is 11. The van der Waals surface area contributed by atoms with Crippen LogP contribution in [0.15, 0.2) is 94.6 Å². The number of hydrogen-bond donors (Lipinski definition) is 0. The molecule has 0 amide bonds. The summed E-state index contributed by atoms with van der Waals surface area (Å²) >= 11 is 2.41. The Hall–Kier alpha value is -1.93. The summed E-state index contributed by atoms with van der Waals surface area (Å²) in [5.74, 6) is 0.863. The Morgan fingerprint density at radius 3 is 1.91 bits per heavy atom. The van der Waals surface area contributed by atoms with E-state index in [4.69, 9.17) is 13.9 Å². The van der Waals surface area contributed by atoms with Gasteiger partial charge >= 0.3 is 0 Å². The topological polar surface area (TPSA) is 27.7 Å². The second kappa shape index (κ2) is 12.7. The van der Waals surface area contributed by atoms with Crippen molar-refractivity contribution in [1.29, 1.82) is 0 Å². The Balaban J connectivity index is 1.65. The monoisotopic (exact) mass is 586 g/mol. The van der Waals surface area contributed by atoms with Crippen LogP contribution in [0, 0.1) is 0 Å². The Labute approximate surface area is 219 Å². The van der Waals surface area contributed by atoms with E-state index in [2.05, 4.69) is 110 Å². The van der Waals surface area contributed by atoms with Gasteiger partial charge in [0.15, 0.2) is 0 Å². The van der Waals surface area contributed by atoms with Crippen LogP contribution in [0.3, 0.4) is 0 Å². The SMILES string of the molecule is COc1ccc(COCC/C(I)=C\CO[Si](c2ccccc2)(c2ccccc2)C(C)(C)C)cc1. The number of benzene rings is 3. The highest BCUT2D eigenvalue weighted by molar-refractivity contribution is 14.1. The van der Waals surface area contributed by atoms with Crippen LogP contribution in [0.2, 0.25) is 5.04 Å². The molecule has 3 rings (SSSR count). The van der Waals surface area contributed by atoms with Crippen molar-refractivity contribution >= 4 is 41.3 Å². The standard InChI is InChI=1S/C29H35IO3Si/c1-29(2,3)34(27-11-7-5-8-12-27,28-13-9-6-10-14-28)33-22-20-25(30)19-21-32-23-24-15-17-26(31-4)18-16-24/h5-18,20H,19,21-23H2,1-4H3/b25-20+. The Kier molecular flexibility index (Phi) is 9.94. The summed E-state index contributed by atoms with van der Waals surface area (Å²) in [7, 11) is -0.818. The van der Waals surface area contributed by atoms with Crippen LogP contribution in [0.4, 0.5) is 0 Å². The number of ether oxygens (including phenoxy) is 2. The fourth-order valence-corrected chi connectivity index (χ4v) is 9.09. The maximum Gasteiger partial charge on any atom is 0.261 e. The minimum atomic E-state index is -2.50. The molecule has 3 aromatic rings. The maximum absolute atomic E-state index is 6.94. The van der Waals surface area contributed by atoms with Gasteiger partial charge in [-0.15, -0.1) is 0 Å².